The van der Waals surface area contributed by atoms with E-state index >= 15 is 0 Å². The summed E-state index contributed by atoms with van der Waals surface area (Å²) in [4.78, 5) is 0. The van der Waals surface area contributed by atoms with Gasteiger partial charge in [0.1, 0.15) is 0 Å². The molecule has 2 aliphatic carbocycles. The number of ether oxygens (including phenoxy) is 1. The van der Waals surface area contributed by atoms with Crippen molar-refractivity contribution >= 4 is 0 Å². The molecule has 2 N–H and O–H groups in total. The molecule has 0 spiro atoms. The van der Waals surface area contributed by atoms with E-state index in [4.69, 9.17) is 4.74 Å². The molecule has 0 aliphatic heterocycles. The van der Waals surface area contributed by atoms with Crippen LogP contribution in [0.2, 0.25) is 0 Å². The van der Waals surface area contributed by atoms with Gasteiger partial charge in [-0.25, -0.2) is 0 Å². The smallest absolute Gasteiger partial charge is 0.0898 e. The van der Waals surface area contributed by atoms with Gasteiger partial charge in [0, 0.05) is 12.1 Å². The molecule has 0 aromatic carbocycles. The van der Waals surface area contributed by atoms with Crippen LogP contribution in [0.1, 0.15) is 81.1 Å². The fraction of sp³-hybridized carbons (Fsp3) is 1.00. The van der Waals surface area contributed by atoms with Crippen molar-refractivity contribution in [2.45, 2.75) is 98.8 Å². The van der Waals surface area contributed by atoms with Crippen LogP contribution in [0.3, 0.4) is 0 Å². The summed E-state index contributed by atoms with van der Waals surface area (Å²) in [5.74, 6) is 0.786. The van der Waals surface area contributed by atoms with Crippen molar-refractivity contribution in [3.63, 3.8) is 0 Å². The van der Waals surface area contributed by atoms with Gasteiger partial charge in [0.05, 0.1) is 18.8 Å². The maximum Gasteiger partial charge on any atom is 0.0898 e. The zero-order valence-corrected chi connectivity index (χ0v) is 17.3. The van der Waals surface area contributed by atoms with Crippen LogP contribution < -0.4 is 5.32 Å². The van der Waals surface area contributed by atoms with E-state index in [-0.39, 0.29) is 22.5 Å². The van der Waals surface area contributed by atoms with Gasteiger partial charge in [-0.05, 0) is 61.7 Å². The predicted octanol–water partition coefficient (Wildman–Crippen LogP) is 4.38. The fourth-order valence-corrected chi connectivity index (χ4v) is 5.72. The predicted molar refractivity (Wildman–Crippen MR) is 101 cm³/mol. The second kappa shape index (κ2) is 6.55. The summed E-state index contributed by atoms with van der Waals surface area (Å²) < 4.78 is 6.29. The third-order valence-corrected chi connectivity index (χ3v) is 6.38. The first-order valence-corrected chi connectivity index (χ1v) is 9.80. The minimum Gasteiger partial charge on any atom is -0.389 e. The third-order valence-electron chi connectivity index (χ3n) is 6.38. The number of aliphatic hydroxyl groups is 1. The SMILES string of the molecule is CC(C)(C)CC(C)(C)NC[C@H](O)CO[C@@H]1C(C)(C)[C@H]2CC[C@@]1(C)C2. The van der Waals surface area contributed by atoms with Crippen molar-refractivity contribution in [3.05, 3.63) is 0 Å². The molecule has 0 unspecified atom stereocenters. The summed E-state index contributed by atoms with van der Waals surface area (Å²) >= 11 is 0. The standard InChI is InChI=1S/C21H41NO2/c1-18(2,3)14-19(4,5)22-12-16(23)13-24-17-20(6,7)15-9-10-21(17,8)11-15/h15-17,22-23H,9-14H2,1-8H3/t15-,16-,17+,21-/m0/s1. The minimum absolute atomic E-state index is 0.0247. The quantitative estimate of drug-likeness (QED) is 0.723. The Kier molecular flexibility index (Phi) is 5.52. The van der Waals surface area contributed by atoms with Crippen LogP contribution in [0.4, 0.5) is 0 Å². The number of hydrogen-bond donors (Lipinski definition) is 2. The number of fused-ring (bicyclic) bond motifs is 2. The molecule has 0 aromatic rings. The van der Waals surface area contributed by atoms with E-state index in [0.29, 0.717) is 18.6 Å². The average Bonchev–Trinajstić information content (AvgIpc) is 2.84. The van der Waals surface area contributed by atoms with Gasteiger partial charge in [-0.1, -0.05) is 41.5 Å². The van der Waals surface area contributed by atoms with Gasteiger partial charge in [0.15, 0.2) is 0 Å². The lowest BCUT2D eigenvalue weighted by atomic mass is 9.70. The zero-order valence-electron chi connectivity index (χ0n) is 17.3. The summed E-state index contributed by atoms with van der Waals surface area (Å²) in [6.45, 7) is 19.3. The lowest BCUT2D eigenvalue weighted by Gasteiger charge is -2.42. The third kappa shape index (κ3) is 4.53. The molecule has 0 aromatic heterocycles. The van der Waals surface area contributed by atoms with Crippen molar-refractivity contribution in [3.8, 4) is 0 Å². The Morgan fingerprint density at radius 1 is 1.17 bits per heavy atom. The maximum atomic E-state index is 10.4. The highest BCUT2D eigenvalue weighted by Crippen LogP contribution is 2.63. The first-order valence-electron chi connectivity index (χ1n) is 9.80. The molecular formula is C21H41NO2. The molecule has 3 nitrogen and oxygen atoms in total. The normalized spacial score (nSPS) is 33.9. The van der Waals surface area contributed by atoms with E-state index < -0.39 is 6.10 Å². The van der Waals surface area contributed by atoms with Gasteiger partial charge in [0.25, 0.3) is 0 Å². The van der Waals surface area contributed by atoms with Gasteiger partial charge < -0.3 is 15.2 Å². The Bertz CT molecular complexity index is 433. The summed E-state index contributed by atoms with van der Waals surface area (Å²) in [7, 11) is 0. The van der Waals surface area contributed by atoms with E-state index in [9.17, 15) is 5.11 Å². The Morgan fingerprint density at radius 3 is 2.29 bits per heavy atom. The molecule has 2 saturated carbocycles. The number of nitrogens with one attached hydrogen (secondary N) is 1. The molecule has 0 amide bonds. The first-order chi connectivity index (χ1) is 10.8. The Balaban J connectivity index is 1.80. The second-order valence-electron chi connectivity index (χ2n) is 11.3. The molecule has 2 aliphatic rings. The Labute approximate surface area is 149 Å². The molecule has 0 heterocycles. The number of aliphatic hydroxyl groups excluding tert-OH is 1. The highest BCUT2D eigenvalue weighted by molar-refractivity contribution is 5.09. The van der Waals surface area contributed by atoms with Crippen LogP contribution in [0.15, 0.2) is 0 Å². The average molecular weight is 340 g/mol. The first kappa shape index (κ1) is 20.2. The van der Waals surface area contributed by atoms with Crippen LogP contribution >= 0.6 is 0 Å². The molecule has 4 atom stereocenters. The lowest BCUT2D eigenvalue weighted by molar-refractivity contribution is -0.110. The van der Waals surface area contributed by atoms with E-state index in [1.165, 1.54) is 19.3 Å². The molecule has 2 fully saturated rings. The maximum absolute atomic E-state index is 10.4. The van der Waals surface area contributed by atoms with E-state index in [2.05, 4.69) is 60.7 Å². The molecule has 0 saturated heterocycles. The van der Waals surface area contributed by atoms with E-state index in [1.807, 2.05) is 0 Å². The fourth-order valence-electron chi connectivity index (χ4n) is 5.72. The van der Waals surface area contributed by atoms with Gasteiger partial charge in [-0.2, -0.15) is 0 Å². The summed E-state index contributed by atoms with van der Waals surface area (Å²) in [6, 6.07) is 0. The summed E-state index contributed by atoms with van der Waals surface area (Å²) in [5, 5.41) is 13.9. The van der Waals surface area contributed by atoms with Crippen molar-refractivity contribution < 1.29 is 9.84 Å². The Morgan fingerprint density at radius 2 is 1.79 bits per heavy atom. The molecule has 24 heavy (non-hydrogen) atoms. The van der Waals surface area contributed by atoms with Crippen LogP contribution in [-0.2, 0) is 4.74 Å². The molecule has 3 heteroatoms. The van der Waals surface area contributed by atoms with Crippen molar-refractivity contribution in [1.82, 2.24) is 5.32 Å². The molecule has 0 radical (unpaired) electrons. The highest BCUT2D eigenvalue weighted by Gasteiger charge is 2.60. The van der Waals surface area contributed by atoms with Gasteiger partial charge in [-0.15, -0.1) is 0 Å². The number of β-amino-alcohol motifs (C(OH)–C–C–N with tert-alkyl or cyclic N) is 1. The summed E-state index contributed by atoms with van der Waals surface area (Å²) in [6.07, 6.45) is 4.82. The highest BCUT2D eigenvalue weighted by atomic mass is 16.5. The van der Waals surface area contributed by atoms with Crippen LogP contribution in [0.25, 0.3) is 0 Å². The monoisotopic (exact) mass is 339 g/mol. The lowest BCUT2D eigenvalue weighted by Crippen LogP contribution is -2.48. The van der Waals surface area contributed by atoms with Gasteiger partial charge in [0.2, 0.25) is 0 Å². The molecule has 2 bridgehead atoms. The number of rotatable bonds is 7. The molecule has 2 rings (SSSR count). The largest absolute Gasteiger partial charge is 0.389 e. The van der Waals surface area contributed by atoms with Gasteiger partial charge in [-0.3, -0.25) is 0 Å². The van der Waals surface area contributed by atoms with Crippen molar-refractivity contribution in [1.29, 1.82) is 0 Å². The molecular weight excluding hydrogens is 298 g/mol. The topological polar surface area (TPSA) is 41.5 Å². The Hall–Kier alpha value is -0.120. The van der Waals surface area contributed by atoms with Crippen LogP contribution in [0.5, 0.6) is 0 Å². The second-order valence-corrected chi connectivity index (χ2v) is 11.3. The van der Waals surface area contributed by atoms with Crippen LogP contribution in [0, 0.1) is 22.2 Å². The minimum atomic E-state index is -0.442. The molecule has 142 valence electrons. The van der Waals surface area contributed by atoms with Crippen molar-refractivity contribution in [2.24, 2.45) is 22.2 Å². The van der Waals surface area contributed by atoms with Crippen LogP contribution in [-0.4, -0.2) is 36.0 Å². The zero-order chi connectivity index (χ0) is 18.4. The van der Waals surface area contributed by atoms with Crippen molar-refractivity contribution in [2.75, 3.05) is 13.2 Å². The van der Waals surface area contributed by atoms with E-state index in [0.717, 1.165) is 12.3 Å². The van der Waals surface area contributed by atoms with E-state index in [1.54, 1.807) is 0 Å². The van der Waals surface area contributed by atoms with Gasteiger partial charge >= 0.3 is 0 Å². The summed E-state index contributed by atoms with van der Waals surface area (Å²) in [5.41, 5.74) is 0.856. The number of hydrogen-bond acceptors (Lipinski definition) is 3.